The second kappa shape index (κ2) is 5.30. The molecule has 0 aliphatic heterocycles. The predicted molar refractivity (Wildman–Crippen MR) is 82.4 cm³/mol. The number of fused-ring (bicyclic) bond motifs is 1. The summed E-state index contributed by atoms with van der Waals surface area (Å²) in [6, 6.07) is 5.57. The smallest absolute Gasteiger partial charge is 0.251 e. The summed E-state index contributed by atoms with van der Waals surface area (Å²) < 4.78 is 1.03. The van der Waals surface area contributed by atoms with Crippen molar-refractivity contribution in [1.82, 2.24) is 15.3 Å². The van der Waals surface area contributed by atoms with Gasteiger partial charge in [-0.3, -0.25) is 4.79 Å². The molecule has 6 heteroatoms. The van der Waals surface area contributed by atoms with Gasteiger partial charge in [0.1, 0.15) is 0 Å². The Balaban J connectivity index is 1.74. The Hall–Kier alpha value is -1.79. The van der Waals surface area contributed by atoms with E-state index in [1.54, 1.807) is 28.2 Å². The van der Waals surface area contributed by atoms with Crippen LogP contribution < -0.4 is 5.32 Å². The van der Waals surface area contributed by atoms with Gasteiger partial charge in [0.25, 0.3) is 5.91 Å². The normalized spacial score (nSPS) is 10.9. The first-order valence-electron chi connectivity index (χ1n) is 6.18. The van der Waals surface area contributed by atoms with E-state index in [4.69, 9.17) is 0 Å². The third kappa shape index (κ3) is 2.57. The highest BCUT2D eigenvalue weighted by atomic mass is 32.1. The van der Waals surface area contributed by atoms with Crippen molar-refractivity contribution in [2.24, 2.45) is 0 Å². The average molecular weight is 303 g/mol. The molecule has 1 aromatic carbocycles. The molecule has 0 saturated carbocycles. The third-order valence-corrected chi connectivity index (χ3v) is 4.87. The quantitative estimate of drug-likeness (QED) is 0.807. The van der Waals surface area contributed by atoms with Crippen LogP contribution in [0.5, 0.6) is 0 Å². The molecule has 0 spiro atoms. The minimum atomic E-state index is -0.0641. The van der Waals surface area contributed by atoms with E-state index in [-0.39, 0.29) is 5.91 Å². The van der Waals surface area contributed by atoms with Gasteiger partial charge in [-0.2, -0.15) is 0 Å². The lowest BCUT2D eigenvalue weighted by atomic mass is 10.2. The van der Waals surface area contributed by atoms with Crippen molar-refractivity contribution in [2.45, 2.75) is 20.4 Å². The van der Waals surface area contributed by atoms with Gasteiger partial charge in [0.15, 0.2) is 0 Å². The van der Waals surface area contributed by atoms with Gasteiger partial charge in [0, 0.05) is 10.4 Å². The summed E-state index contributed by atoms with van der Waals surface area (Å²) in [5, 5.41) is 3.97. The van der Waals surface area contributed by atoms with E-state index in [0.717, 1.165) is 25.8 Å². The van der Waals surface area contributed by atoms with Gasteiger partial charge < -0.3 is 5.32 Å². The largest absolute Gasteiger partial charge is 0.347 e. The van der Waals surface area contributed by atoms with E-state index in [9.17, 15) is 4.79 Å². The minimum Gasteiger partial charge on any atom is -0.347 e. The fraction of sp³-hybridized carbons (Fsp3) is 0.214. The summed E-state index contributed by atoms with van der Waals surface area (Å²) in [5.41, 5.74) is 4.38. The number of nitrogens with zero attached hydrogens (tertiary/aromatic N) is 2. The van der Waals surface area contributed by atoms with Crippen LogP contribution >= 0.6 is 22.7 Å². The molecule has 20 heavy (non-hydrogen) atoms. The molecule has 0 aliphatic carbocycles. The van der Waals surface area contributed by atoms with Gasteiger partial charge in [-0.05, 0) is 32.0 Å². The number of hydrogen-bond acceptors (Lipinski definition) is 5. The molecule has 0 radical (unpaired) electrons. The van der Waals surface area contributed by atoms with Crippen molar-refractivity contribution in [1.29, 1.82) is 0 Å². The summed E-state index contributed by atoms with van der Waals surface area (Å²) in [4.78, 5) is 21.8. The molecule has 102 valence electrons. The van der Waals surface area contributed by atoms with Crippen molar-refractivity contribution < 1.29 is 4.79 Å². The number of rotatable bonds is 3. The maximum atomic E-state index is 12.2. The number of carbonyl (C=O) groups excluding carboxylic acids is 1. The molecule has 0 atom stereocenters. The Morgan fingerprint density at radius 1 is 1.35 bits per heavy atom. The van der Waals surface area contributed by atoms with Crippen LogP contribution in [0.2, 0.25) is 0 Å². The first-order valence-corrected chi connectivity index (χ1v) is 7.87. The molecule has 1 N–H and O–H groups in total. The molecule has 0 bridgehead atoms. The zero-order chi connectivity index (χ0) is 14.1. The van der Waals surface area contributed by atoms with E-state index < -0.39 is 0 Å². The van der Waals surface area contributed by atoms with Crippen LogP contribution in [0, 0.1) is 13.8 Å². The monoisotopic (exact) mass is 303 g/mol. The lowest BCUT2D eigenvalue weighted by molar-refractivity contribution is 0.0951. The summed E-state index contributed by atoms with van der Waals surface area (Å²) in [6.45, 7) is 4.46. The van der Waals surface area contributed by atoms with Crippen LogP contribution in [-0.2, 0) is 6.54 Å². The first-order chi connectivity index (χ1) is 9.63. The Morgan fingerprint density at radius 2 is 2.20 bits per heavy atom. The molecule has 1 amide bonds. The molecule has 3 rings (SSSR count). The van der Waals surface area contributed by atoms with Crippen LogP contribution in [0.4, 0.5) is 0 Å². The molecule has 4 nitrogen and oxygen atoms in total. The van der Waals surface area contributed by atoms with Crippen LogP contribution in [0.3, 0.4) is 0 Å². The van der Waals surface area contributed by atoms with Crippen molar-refractivity contribution in [3.8, 4) is 0 Å². The SMILES string of the molecule is Cc1nc(C)c(CNC(=O)c2ccc3ncsc3c2)s1. The fourth-order valence-electron chi connectivity index (χ4n) is 2.00. The Bertz CT molecular complexity index is 776. The van der Waals surface area contributed by atoms with Gasteiger partial charge in [0.05, 0.1) is 33.0 Å². The molecule has 0 aliphatic rings. The lowest BCUT2D eigenvalue weighted by Crippen LogP contribution is -2.22. The second-order valence-electron chi connectivity index (χ2n) is 4.46. The van der Waals surface area contributed by atoms with Crippen LogP contribution in [0.15, 0.2) is 23.7 Å². The maximum Gasteiger partial charge on any atom is 0.251 e. The van der Waals surface area contributed by atoms with Crippen molar-refractivity contribution >= 4 is 38.8 Å². The van der Waals surface area contributed by atoms with Gasteiger partial charge in [-0.1, -0.05) is 0 Å². The number of aromatic nitrogens is 2. The van der Waals surface area contributed by atoms with Crippen LogP contribution in [-0.4, -0.2) is 15.9 Å². The third-order valence-electron chi connectivity index (χ3n) is 3.00. The summed E-state index contributed by atoms with van der Waals surface area (Å²) in [7, 11) is 0. The summed E-state index contributed by atoms with van der Waals surface area (Å²) in [6.07, 6.45) is 0. The summed E-state index contributed by atoms with van der Waals surface area (Å²) in [5.74, 6) is -0.0641. The number of hydrogen-bond donors (Lipinski definition) is 1. The number of nitrogens with one attached hydrogen (secondary N) is 1. The Labute approximate surface area is 124 Å². The molecule has 0 saturated heterocycles. The zero-order valence-corrected chi connectivity index (χ0v) is 12.8. The second-order valence-corrected chi connectivity index (χ2v) is 6.63. The topological polar surface area (TPSA) is 54.9 Å². The van der Waals surface area contributed by atoms with Gasteiger partial charge in [0.2, 0.25) is 0 Å². The molecule has 2 heterocycles. The van der Waals surface area contributed by atoms with Gasteiger partial charge in [-0.15, -0.1) is 22.7 Å². The lowest BCUT2D eigenvalue weighted by Gasteiger charge is -2.04. The van der Waals surface area contributed by atoms with E-state index in [0.29, 0.717) is 12.1 Å². The predicted octanol–water partition coefficient (Wildman–Crippen LogP) is 3.30. The van der Waals surface area contributed by atoms with E-state index in [1.165, 1.54) is 0 Å². The molecule has 0 unspecified atom stereocenters. The van der Waals surface area contributed by atoms with Gasteiger partial charge in [-0.25, -0.2) is 9.97 Å². The summed E-state index contributed by atoms with van der Waals surface area (Å²) >= 11 is 3.16. The van der Waals surface area contributed by atoms with Gasteiger partial charge >= 0.3 is 0 Å². The van der Waals surface area contributed by atoms with Crippen molar-refractivity contribution in [3.63, 3.8) is 0 Å². The van der Waals surface area contributed by atoms with Crippen molar-refractivity contribution in [2.75, 3.05) is 0 Å². The highest BCUT2D eigenvalue weighted by Crippen LogP contribution is 2.20. The number of benzene rings is 1. The Morgan fingerprint density at radius 3 is 2.95 bits per heavy atom. The molecule has 2 aromatic heterocycles. The first kappa shape index (κ1) is 13.2. The van der Waals surface area contributed by atoms with E-state index in [1.807, 2.05) is 32.0 Å². The number of carbonyl (C=O) groups is 1. The van der Waals surface area contributed by atoms with Crippen LogP contribution in [0.25, 0.3) is 10.2 Å². The molecular weight excluding hydrogens is 290 g/mol. The Kier molecular flexibility index (Phi) is 3.50. The highest BCUT2D eigenvalue weighted by molar-refractivity contribution is 7.16. The molecule has 3 aromatic rings. The zero-order valence-electron chi connectivity index (χ0n) is 11.1. The van der Waals surface area contributed by atoms with Crippen molar-refractivity contribution in [3.05, 3.63) is 44.9 Å². The minimum absolute atomic E-state index is 0.0641. The maximum absolute atomic E-state index is 12.2. The number of aryl methyl sites for hydroxylation is 2. The highest BCUT2D eigenvalue weighted by Gasteiger charge is 2.10. The van der Waals surface area contributed by atoms with E-state index in [2.05, 4.69) is 15.3 Å². The van der Waals surface area contributed by atoms with Crippen LogP contribution in [0.1, 0.15) is 25.9 Å². The standard InChI is InChI=1S/C14H13N3OS2/c1-8-13(20-9(2)17-8)6-15-14(18)10-3-4-11-12(5-10)19-7-16-11/h3-5,7H,6H2,1-2H3,(H,15,18). The fourth-order valence-corrected chi connectivity index (χ4v) is 3.59. The average Bonchev–Trinajstić information content (AvgIpc) is 3.01. The van der Waals surface area contributed by atoms with E-state index >= 15 is 0 Å². The molecule has 0 fully saturated rings. The number of amides is 1. The molecular formula is C14H13N3OS2. The number of thiazole rings is 2.